The van der Waals surface area contributed by atoms with E-state index in [9.17, 15) is 0 Å². The second kappa shape index (κ2) is 33.4. The van der Waals surface area contributed by atoms with E-state index >= 15 is 0 Å². The maximum absolute atomic E-state index is 2.85. The first-order chi connectivity index (χ1) is 16.9. The second-order valence-electron chi connectivity index (χ2n) is 11.4. The van der Waals surface area contributed by atoms with Crippen LogP contribution < -0.4 is 0 Å². The van der Waals surface area contributed by atoms with Crippen molar-refractivity contribution in [2.45, 2.75) is 206 Å². The van der Waals surface area contributed by atoms with Gasteiger partial charge in [0, 0.05) is 0 Å². The zero-order chi connectivity index (χ0) is 24.6. The molecule has 0 radical (unpaired) electrons. The van der Waals surface area contributed by atoms with Crippen molar-refractivity contribution < 1.29 is 0 Å². The van der Waals surface area contributed by atoms with Crippen LogP contribution in [0.2, 0.25) is 0 Å². The van der Waals surface area contributed by atoms with Gasteiger partial charge in [-0.25, -0.2) is 0 Å². The third-order valence-electron chi connectivity index (χ3n) is 7.81. The van der Waals surface area contributed by atoms with Gasteiger partial charge in [-0.1, -0.05) is 200 Å². The third-order valence-corrected chi connectivity index (χ3v) is 8.22. The third kappa shape index (κ3) is 32.4. The molecule has 1 atom stereocenters. The Morgan fingerprint density at radius 3 is 0.529 bits per heavy atom. The van der Waals surface area contributed by atoms with Crippen LogP contribution in [0.3, 0.4) is 0 Å². The molecule has 0 fully saturated rings. The van der Waals surface area contributed by atoms with Gasteiger partial charge in [0.2, 0.25) is 0 Å². The average molecular weight is 497 g/mol. The van der Waals surface area contributed by atoms with Crippen LogP contribution in [0.25, 0.3) is 0 Å². The summed E-state index contributed by atoms with van der Waals surface area (Å²) in [6.45, 7) is 2.31. The summed E-state index contributed by atoms with van der Waals surface area (Å²) in [6.07, 6.45) is 47.2. The molecule has 0 amide bonds. The Balaban J connectivity index is 2.99. The summed E-state index contributed by atoms with van der Waals surface area (Å²) >= 11 is 0. The molecule has 0 bridgehead atoms. The van der Waals surface area contributed by atoms with Gasteiger partial charge in [0.15, 0.2) is 0 Å². The van der Waals surface area contributed by atoms with Crippen molar-refractivity contribution in [3.63, 3.8) is 0 Å². The first-order valence-electron chi connectivity index (χ1n) is 16.6. The van der Waals surface area contributed by atoms with E-state index in [4.69, 9.17) is 0 Å². The lowest BCUT2D eigenvalue weighted by Gasteiger charge is -2.04. The molecule has 1 heteroatoms. The highest BCUT2D eigenvalue weighted by Crippen LogP contribution is 2.16. The largest absolute Gasteiger partial charge is 0.138 e. The molecule has 0 aliphatic rings. The van der Waals surface area contributed by atoms with Gasteiger partial charge in [-0.05, 0) is 12.6 Å². The topological polar surface area (TPSA) is 0 Å². The molecule has 34 heavy (non-hydrogen) atoms. The van der Waals surface area contributed by atoms with E-state index in [1.165, 1.54) is 205 Å². The summed E-state index contributed by atoms with van der Waals surface area (Å²) < 4.78 is 0. The Morgan fingerprint density at radius 1 is 0.235 bits per heavy atom. The van der Waals surface area contributed by atoms with Gasteiger partial charge in [-0.2, -0.15) is 0 Å². The first-order valence-corrected chi connectivity index (χ1v) is 17.4. The van der Waals surface area contributed by atoms with Gasteiger partial charge in [0.25, 0.3) is 0 Å². The molecule has 0 aromatic heterocycles. The zero-order valence-corrected chi connectivity index (χ0v) is 25.4. The number of rotatable bonds is 31. The van der Waals surface area contributed by atoms with Crippen LogP contribution in [-0.4, -0.2) is 6.16 Å². The van der Waals surface area contributed by atoms with Crippen molar-refractivity contribution in [3.05, 3.63) is 0 Å². The Labute approximate surface area is 221 Å². The first kappa shape index (κ1) is 34.4. The van der Waals surface area contributed by atoms with E-state index in [1.54, 1.807) is 0 Å². The molecule has 0 rings (SSSR count). The molecule has 0 saturated heterocycles. The Kier molecular flexibility index (Phi) is 33.9. The second-order valence-corrected chi connectivity index (χ2v) is 12.0. The maximum Gasteiger partial charge on any atom is -0.0381 e. The van der Waals surface area contributed by atoms with Crippen LogP contribution in [-0.2, 0) is 0 Å². The molecule has 0 saturated carbocycles. The standard InChI is InChI=1S/C33H69P/c1-2-3-4-5-6-7-8-9-10-11-12-13-14-15-16-17-18-19-20-21-22-23-24-25-26-27-28-29-30-31-32-33-34/h2-34H2,1H3. The minimum absolute atomic E-state index is 1.29. The van der Waals surface area contributed by atoms with E-state index in [0.717, 1.165) is 0 Å². The van der Waals surface area contributed by atoms with Crippen molar-refractivity contribution in [2.24, 2.45) is 0 Å². The van der Waals surface area contributed by atoms with Crippen molar-refractivity contribution in [1.82, 2.24) is 0 Å². The monoisotopic (exact) mass is 497 g/mol. The maximum atomic E-state index is 2.85. The van der Waals surface area contributed by atoms with Crippen LogP contribution in [0.1, 0.15) is 206 Å². The van der Waals surface area contributed by atoms with Crippen LogP contribution in [0.4, 0.5) is 0 Å². The Bertz CT molecular complexity index is 295. The fourth-order valence-electron chi connectivity index (χ4n) is 5.34. The highest BCUT2D eigenvalue weighted by molar-refractivity contribution is 7.16. The van der Waals surface area contributed by atoms with E-state index in [1.807, 2.05) is 0 Å². The summed E-state index contributed by atoms with van der Waals surface area (Å²) in [5, 5.41) is 0. The van der Waals surface area contributed by atoms with Crippen LogP contribution in [0.5, 0.6) is 0 Å². The van der Waals surface area contributed by atoms with Crippen molar-refractivity contribution >= 4 is 9.24 Å². The molecule has 0 aromatic rings. The van der Waals surface area contributed by atoms with Crippen LogP contribution >= 0.6 is 9.24 Å². The predicted molar refractivity (Wildman–Crippen MR) is 163 cm³/mol. The number of hydrogen-bond acceptors (Lipinski definition) is 0. The van der Waals surface area contributed by atoms with Crippen molar-refractivity contribution in [1.29, 1.82) is 0 Å². The Morgan fingerprint density at radius 2 is 0.382 bits per heavy atom. The molecule has 1 unspecified atom stereocenters. The molecular weight excluding hydrogens is 427 g/mol. The quantitative estimate of drug-likeness (QED) is 0.0661. The highest BCUT2D eigenvalue weighted by atomic mass is 31.0. The van der Waals surface area contributed by atoms with Gasteiger partial charge >= 0.3 is 0 Å². The lowest BCUT2D eigenvalue weighted by molar-refractivity contribution is 0.513. The smallest absolute Gasteiger partial charge is 0.0381 e. The minimum atomic E-state index is 1.29. The van der Waals surface area contributed by atoms with E-state index in [2.05, 4.69) is 16.2 Å². The summed E-state index contributed by atoms with van der Waals surface area (Å²) in [7, 11) is 2.85. The molecule has 0 aliphatic carbocycles. The van der Waals surface area contributed by atoms with Gasteiger partial charge in [-0.3, -0.25) is 0 Å². The van der Waals surface area contributed by atoms with Gasteiger partial charge in [-0.15, -0.1) is 9.24 Å². The minimum Gasteiger partial charge on any atom is -0.138 e. The molecule has 0 N–H and O–H groups in total. The number of unbranched alkanes of at least 4 members (excludes halogenated alkanes) is 30. The molecule has 0 heterocycles. The normalized spacial score (nSPS) is 11.5. The summed E-state index contributed by atoms with van der Waals surface area (Å²) in [4.78, 5) is 0. The molecule has 0 aliphatic heterocycles. The predicted octanol–water partition coefficient (Wildman–Crippen LogP) is 13.0. The zero-order valence-electron chi connectivity index (χ0n) is 24.2. The molecule has 0 nitrogen and oxygen atoms in total. The van der Waals surface area contributed by atoms with Crippen molar-refractivity contribution in [2.75, 3.05) is 6.16 Å². The Hall–Kier alpha value is 0.430. The van der Waals surface area contributed by atoms with Crippen LogP contribution in [0, 0.1) is 0 Å². The van der Waals surface area contributed by atoms with Gasteiger partial charge in [0.05, 0.1) is 0 Å². The summed E-state index contributed by atoms with van der Waals surface area (Å²) in [5.74, 6) is 0. The lowest BCUT2D eigenvalue weighted by Crippen LogP contribution is -1.85. The fourth-order valence-corrected chi connectivity index (χ4v) is 5.63. The van der Waals surface area contributed by atoms with Crippen molar-refractivity contribution in [3.8, 4) is 0 Å². The summed E-state index contributed by atoms with van der Waals surface area (Å²) in [6, 6.07) is 0. The number of hydrogen-bond donors (Lipinski definition) is 0. The fraction of sp³-hybridized carbons (Fsp3) is 1.00. The highest BCUT2D eigenvalue weighted by Gasteiger charge is 1.97. The SMILES string of the molecule is CCCCCCCCCCCCCCCCCCCCCCCCCCCCCCCCCP. The molecule has 0 aromatic carbocycles. The summed E-state index contributed by atoms with van der Waals surface area (Å²) in [5.41, 5.74) is 0. The van der Waals surface area contributed by atoms with Gasteiger partial charge in [0.1, 0.15) is 0 Å². The van der Waals surface area contributed by atoms with E-state index < -0.39 is 0 Å². The molecule has 206 valence electrons. The van der Waals surface area contributed by atoms with Gasteiger partial charge < -0.3 is 0 Å². The van der Waals surface area contributed by atoms with E-state index in [-0.39, 0.29) is 0 Å². The van der Waals surface area contributed by atoms with E-state index in [0.29, 0.717) is 0 Å². The lowest BCUT2D eigenvalue weighted by atomic mass is 10.0. The molecular formula is C33H69P. The van der Waals surface area contributed by atoms with Crippen LogP contribution in [0.15, 0.2) is 0 Å². The average Bonchev–Trinajstić information content (AvgIpc) is 2.85. The molecule has 0 spiro atoms.